The Morgan fingerprint density at radius 3 is 2.57 bits per heavy atom. The van der Waals surface area contributed by atoms with E-state index in [0.717, 1.165) is 11.1 Å². The van der Waals surface area contributed by atoms with Gasteiger partial charge < -0.3 is 38.6 Å². The number of allylic oxidation sites excluding steroid dienone is 3. The summed E-state index contributed by atoms with van der Waals surface area (Å²) in [7, 11) is 6.02. The fourth-order valence-corrected chi connectivity index (χ4v) is 7.23. The maximum Gasteiger partial charge on any atom is 0.409 e. The van der Waals surface area contributed by atoms with Crippen molar-refractivity contribution in [2.75, 3.05) is 33.2 Å². The van der Waals surface area contributed by atoms with E-state index in [2.05, 4.69) is 17.9 Å². The van der Waals surface area contributed by atoms with Crippen molar-refractivity contribution in [1.82, 2.24) is 10.2 Å². The minimum atomic E-state index is -1.83. The van der Waals surface area contributed by atoms with Gasteiger partial charge in [0.05, 0.1) is 25.3 Å². The molecule has 2 fully saturated rings. The number of hydrogen-bond acceptors (Lipinski definition) is 11. The van der Waals surface area contributed by atoms with Crippen LogP contribution in [-0.4, -0.2) is 109 Å². The van der Waals surface area contributed by atoms with Gasteiger partial charge in [0.25, 0.3) is 0 Å². The number of epoxide rings is 1. The topological polar surface area (TPSA) is 156 Å². The summed E-state index contributed by atoms with van der Waals surface area (Å²) < 4.78 is 28.8. The van der Waals surface area contributed by atoms with Crippen molar-refractivity contribution in [2.45, 2.75) is 120 Å². The number of halogens is 1. The number of ether oxygens (including phenoxy) is 5. The molecule has 4 bridgehead atoms. The number of alkyl carbamates (subject to hydrolysis) is 1. The van der Waals surface area contributed by atoms with Gasteiger partial charge in [-0.05, 0) is 51.3 Å². The molecule has 294 valence electrons. The van der Waals surface area contributed by atoms with Crippen LogP contribution in [0.2, 0.25) is 5.02 Å². The lowest BCUT2D eigenvalue weighted by atomic mass is 9.83. The quantitative estimate of drug-likeness (QED) is 0.187. The number of fused-ring (bicyclic) bond motifs is 5. The van der Waals surface area contributed by atoms with Gasteiger partial charge in [-0.15, -0.1) is 0 Å². The Labute approximate surface area is 322 Å². The van der Waals surface area contributed by atoms with Crippen LogP contribution in [0.3, 0.4) is 0 Å². The van der Waals surface area contributed by atoms with E-state index in [-0.39, 0.29) is 34.9 Å². The Balaban J connectivity index is 1.74. The fourth-order valence-electron chi connectivity index (χ4n) is 6.81. The number of nitrogens with one attached hydrogen (secondary N) is 1. The van der Waals surface area contributed by atoms with Gasteiger partial charge in [-0.1, -0.05) is 56.2 Å². The van der Waals surface area contributed by atoms with Crippen molar-refractivity contribution in [1.29, 1.82) is 0 Å². The van der Waals surface area contributed by atoms with E-state index in [1.807, 2.05) is 26.8 Å². The third-order valence-electron chi connectivity index (χ3n) is 10.5. The number of carbonyl (C=O) groups is 4. The normalized spacial score (nSPS) is 31.5. The first-order valence-electron chi connectivity index (χ1n) is 17.7. The van der Waals surface area contributed by atoms with Crippen molar-refractivity contribution < 1.29 is 48.0 Å². The Bertz CT molecular complexity index is 1630. The number of rotatable bonds is 8. The molecule has 0 radical (unpaired) electrons. The summed E-state index contributed by atoms with van der Waals surface area (Å²) in [6, 6.07) is 2.60. The SMILES string of the molecule is COc1cc2cc(c1Cl)N(C)C(=O)C[C@H](OC(=O)[C@H](C)N(C)C(=O)CCC(C)(C)S)[C@]1(C)OC1[C@H](C)C1C[C@@](O)(NC(=O)O1)[C@H](OC)/C=C/C=C(\C)C2. The molecule has 8 atom stereocenters. The highest BCUT2D eigenvalue weighted by Crippen LogP contribution is 2.49. The van der Waals surface area contributed by atoms with E-state index in [1.165, 1.54) is 31.1 Å². The molecule has 0 aromatic heterocycles. The number of carbonyl (C=O) groups excluding carboxylic acids is 4. The number of likely N-dealkylation sites (N-methyl/N-ethyl adjacent to an activating group) is 1. The zero-order valence-corrected chi connectivity index (χ0v) is 33.9. The van der Waals surface area contributed by atoms with Crippen molar-refractivity contribution in [2.24, 2.45) is 5.92 Å². The summed E-state index contributed by atoms with van der Waals surface area (Å²) in [6.45, 7) is 10.8. The van der Waals surface area contributed by atoms with Gasteiger partial charge in [0.15, 0.2) is 5.72 Å². The van der Waals surface area contributed by atoms with Gasteiger partial charge >= 0.3 is 12.1 Å². The summed E-state index contributed by atoms with van der Waals surface area (Å²) >= 11 is 11.3. The maximum absolute atomic E-state index is 14.1. The second-order valence-corrected chi connectivity index (χ2v) is 16.8. The van der Waals surface area contributed by atoms with Crippen molar-refractivity contribution >= 4 is 53.8 Å². The minimum absolute atomic E-state index is 0.0509. The highest BCUT2D eigenvalue weighted by molar-refractivity contribution is 7.81. The molecule has 0 saturated carbocycles. The van der Waals surface area contributed by atoms with Gasteiger partial charge in [-0.25, -0.2) is 9.59 Å². The average molecular weight is 780 g/mol. The van der Waals surface area contributed by atoms with Crippen LogP contribution in [0, 0.1) is 5.92 Å². The van der Waals surface area contributed by atoms with E-state index >= 15 is 0 Å². The van der Waals surface area contributed by atoms with E-state index in [9.17, 15) is 24.3 Å². The van der Waals surface area contributed by atoms with Gasteiger partial charge in [0.1, 0.15) is 40.7 Å². The number of amides is 3. The Hall–Kier alpha value is -3.30. The first-order valence-corrected chi connectivity index (χ1v) is 18.5. The number of anilines is 1. The van der Waals surface area contributed by atoms with Crippen LogP contribution < -0.4 is 15.0 Å². The molecule has 0 spiro atoms. The lowest BCUT2D eigenvalue weighted by molar-refractivity contribution is -0.162. The number of benzene rings is 1. The number of thiol groups is 1. The van der Waals surface area contributed by atoms with Gasteiger partial charge in [0.2, 0.25) is 11.8 Å². The first kappa shape index (κ1) is 42.4. The number of esters is 1. The van der Waals surface area contributed by atoms with Crippen LogP contribution in [0.1, 0.15) is 72.8 Å². The lowest BCUT2D eigenvalue weighted by Crippen LogP contribution is -2.63. The second kappa shape index (κ2) is 16.6. The molecule has 53 heavy (non-hydrogen) atoms. The van der Waals surface area contributed by atoms with Gasteiger partial charge in [0, 0.05) is 44.7 Å². The van der Waals surface area contributed by atoms with E-state index in [4.69, 9.17) is 35.3 Å². The largest absolute Gasteiger partial charge is 0.495 e. The maximum atomic E-state index is 14.1. The smallest absolute Gasteiger partial charge is 0.409 e. The molecule has 3 amide bonds. The highest BCUT2D eigenvalue weighted by atomic mass is 35.5. The average Bonchev–Trinajstić information content (AvgIpc) is 3.78. The summed E-state index contributed by atoms with van der Waals surface area (Å²) in [6.07, 6.45) is 1.61. The summed E-state index contributed by atoms with van der Waals surface area (Å²) in [4.78, 5) is 56.5. The molecule has 0 aliphatic carbocycles. The van der Waals surface area contributed by atoms with E-state index < -0.39 is 65.7 Å². The molecular formula is C38H54ClN3O10S. The molecule has 3 aliphatic heterocycles. The zero-order chi connectivity index (χ0) is 39.6. The molecule has 1 aromatic rings. The van der Waals surface area contributed by atoms with Crippen molar-refractivity contribution in [3.8, 4) is 5.75 Å². The Morgan fingerprint density at radius 2 is 1.94 bits per heavy atom. The molecule has 3 aliphatic rings. The van der Waals surface area contributed by atoms with Crippen LogP contribution in [0.15, 0.2) is 35.9 Å². The first-order chi connectivity index (χ1) is 24.6. The lowest BCUT2D eigenvalue weighted by Gasteiger charge is -2.42. The van der Waals surface area contributed by atoms with Crippen LogP contribution in [0.5, 0.6) is 5.75 Å². The monoisotopic (exact) mass is 779 g/mol. The van der Waals surface area contributed by atoms with Gasteiger partial charge in [-0.3, -0.25) is 14.9 Å². The van der Waals surface area contributed by atoms with Crippen LogP contribution in [0.4, 0.5) is 10.5 Å². The molecule has 3 heterocycles. The van der Waals surface area contributed by atoms with E-state index in [1.54, 1.807) is 52.1 Å². The Kier molecular flexibility index (Phi) is 13.3. The molecule has 1 aromatic carbocycles. The number of aliphatic hydroxyl groups is 1. The fraction of sp³-hybridized carbons (Fsp3) is 0.632. The van der Waals surface area contributed by atoms with E-state index in [0.29, 0.717) is 24.3 Å². The van der Waals surface area contributed by atoms with Crippen LogP contribution >= 0.6 is 24.2 Å². The molecule has 2 unspecified atom stereocenters. The molecule has 15 heteroatoms. The summed E-state index contributed by atoms with van der Waals surface area (Å²) in [5.41, 5.74) is -0.916. The van der Waals surface area contributed by atoms with Crippen molar-refractivity contribution in [3.63, 3.8) is 0 Å². The molecular weight excluding hydrogens is 726 g/mol. The molecule has 13 nitrogen and oxygen atoms in total. The summed E-state index contributed by atoms with van der Waals surface area (Å²) in [5, 5.41) is 14.5. The van der Waals surface area contributed by atoms with Crippen LogP contribution in [-0.2, 0) is 39.8 Å². The number of hydrogen-bond donors (Lipinski definition) is 3. The molecule has 2 N–H and O–H groups in total. The van der Waals surface area contributed by atoms with Crippen LogP contribution in [0.25, 0.3) is 0 Å². The number of nitrogens with zero attached hydrogens (tertiary/aromatic N) is 2. The molecule has 2 saturated heterocycles. The predicted molar refractivity (Wildman–Crippen MR) is 203 cm³/mol. The van der Waals surface area contributed by atoms with Crippen molar-refractivity contribution in [3.05, 3.63) is 46.5 Å². The predicted octanol–water partition coefficient (Wildman–Crippen LogP) is 5.00. The highest BCUT2D eigenvalue weighted by Gasteiger charge is 2.64. The second-order valence-electron chi connectivity index (χ2n) is 15.2. The standard InChI is InChI=1S/C38H54ClN3O10S/c1-21-12-11-13-28(49-10)38(47)20-27(50-35(46)40-38)22(2)33-37(6,52-33)29(51-34(45)23(3)41(7)30(43)14-15-36(4,5)53)19-31(44)42(8)25-17-24(16-21)18-26(48-9)32(25)39/h11-13,17-18,22-23,27-29,33,47,53H,14-16,19-20H2,1-10H3,(H,40,46)/b13-11+,21-12+/t22-,23+,27?,28-,29+,33?,37+,38+/m1/s1. The van der Waals surface area contributed by atoms with Gasteiger partial charge in [-0.2, -0.15) is 12.6 Å². The third-order valence-corrected chi connectivity index (χ3v) is 11.1. The minimum Gasteiger partial charge on any atom is -0.495 e. The molecule has 4 rings (SSSR count). The third kappa shape index (κ3) is 9.88. The summed E-state index contributed by atoms with van der Waals surface area (Å²) in [5.74, 6) is -1.58. The number of methoxy groups -OCH3 is 2. The Morgan fingerprint density at radius 1 is 1.26 bits per heavy atom. The zero-order valence-electron chi connectivity index (χ0n) is 32.2.